The van der Waals surface area contributed by atoms with E-state index in [4.69, 9.17) is 0 Å². The predicted octanol–water partition coefficient (Wildman–Crippen LogP) is 7.40. The van der Waals surface area contributed by atoms with E-state index in [0.29, 0.717) is 29.7 Å². The van der Waals surface area contributed by atoms with Crippen LogP contribution in [0.4, 0.5) is 17.6 Å². The summed E-state index contributed by atoms with van der Waals surface area (Å²) in [6.45, 7) is 3.55. The maximum absolute atomic E-state index is 13.3. The maximum Gasteiger partial charge on any atom is 0.126 e. The van der Waals surface area contributed by atoms with Crippen LogP contribution in [0.5, 0.6) is 0 Å². The first-order chi connectivity index (χ1) is 19.1. The number of aryl methyl sites for hydroxylation is 2. The molecule has 4 aromatic rings. The molecule has 0 aliphatic heterocycles. The molecule has 0 bridgehead atoms. The lowest BCUT2D eigenvalue weighted by atomic mass is 9.93. The molecule has 1 unspecified atom stereocenters. The highest BCUT2D eigenvalue weighted by molar-refractivity contribution is 5.53. The SMILES string of the molecule is C[C@@H](Cc1cc(F)cc(F)c1)C(O)c1ccc(CCc2ccccc2)cn1.C[C@H](C=O)Cc1cc(F)cc(F)c1. The minimum atomic E-state index is -0.792. The van der Waals surface area contributed by atoms with Gasteiger partial charge in [-0.05, 0) is 84.2 Å². The van der Waals surface area contributed by atoms with Crippen LogP contribution < -0.4 is 0 Å². The van der Waals surface area contributed by atoms with Gasteiger partial charge in [0.15, 0.2) is 0 Å². The first-order valence-corrected chi connectivity index (χ1v) is 13.1. The molecule has 7 heteroatoms. The van der Waals surface area contributed by atoms with Crippen LogP contribution in [0.3, 0.4) is 0 Å². The highest BCUT2D eigenvalue weighted by Gasteiger charge is 2.19. The Balaban J connectivity index is 0.000000285. The fourth-order valence-electron chi connectivity index (χ4n) is 4.34. The molecule has 0 aliphatic carbocycles. The standard InChI is InChI=1S/C23H23F2NO.C10H10F2O/c1-16(11-19-12-20(24)14-21(25)13-19)23(27)22-10-9-18(15-26-22)8-7-17-5-3-2-4-6-17;1-7(6-13)2-8-3-9(11)5-10(12)4-8/h2-6,9-10,12-16,23,27H,7-8,11H2,1H3;3-7H,2H2,1H3/t16-,23?;7-/m00/s1. The van der Waals surface area contributed by atoms with Gasteiger partial charge in [0.2, 0.25) is 0 Å². The van der Waals surface area contributed by atoms with Crippen molar-refractivity contribution in [3.8, 4) is 0 Å². The van der Waals surface area contributed by atoms with E-state index in [1.54, 1.807) is 13.1 Å². The van der Waals surface area contributed by atoms with Crippen LogP contribution in [0, 0.1) is 35.1 Å². The van der Waals surface area contributed by atoms with E-state index in [9.17, 15) is 27.5 Å². The first kappa shape index (κ1) is 30.7. The zero-order chi connectivity index (χ0) is 29.1. The molecule has 4 rings (SSSR count). The Morgan fingerprint density at radius 2 is 1.23 bits per heavy atom. The van der Waals surface area contributed by atoms with E-state index in [1.807, 2.05) is 37.3 Å². The highest BCUT2D eigenvalue weighted by Crippen LogP contribution is 2.25. The molecule has 1 N–H and O–H groups in total. The van der Waals surface area contributed by atoms with E-state index in [1.165, 1.54) is 29.8 Å². The molecule has 0 spiro atoms. The molecule has 3 aromatic carbocycles. The molecule has 210 valence electrons. The van der Waals surface area contributed by atoms with Gasteiger partial charge in [0.1, 0.15) is 29.6 Å². The summed E-state index contributed by atoms with van der Waals surface area (Å²) in [5, 5.41) is 10.5. The van der Waals surface area contributed by atoms with E-state index < -0.39 is 29.4 Å². The Morgan fingerprint density at radius 1 is 0.700 bits per heavy atom. The fourth-order valence-corrected chi connectivity index (χ4v) is 4.34. The fraction of sp³-hybridized carbons (Fsp3) is 0.273. The van der Waals surface area contributed by atoms with Crippen molar-refractivity contribution in [1.82, 2.24) is 4.98 Å². The largest absolute Gasteiger partial charge is 0.387 e. The van der Waals surface area contributed by atoms with Gasteiger partial charge in [-0.15, -0.1) is 0 Å². The van der Waals surface area contributed by atoms with Crippen LogP contribution in [0.25, 0.3) is 0 Å². The van der Waals surface area contributed by atoms with Crippen molar-refractivity contribution in [3.05, 3.63) is 136 Å². The molecule has 0 saturated carbocycles. The molecular formula is C33H33F4NO2. The summed E-state index contributed by atoms with van der Waals surface area (Å²) in [6, 6.07) is 20.8. The Labute approximate surface area is 232 Å². The number of benzene rings is 3. The third kappa shape index (κ3) is 10.0. The number of carbonyl (C=O) groups is 1. The van der Waals surface area contributed by atoms with Crippen molar-refractivity contribution >= 4 is 6.29 Å². The molecule has 1 aromatic heterocycles. The van der Waals surface area contributed by atoms with Gasteiger partial charge >= 0.3 is 0 Å². The molecule has 0 aliphatic rings. The lowest BCUT2D eigenvalue weighted by Crippen LogP contribution is -2.14. The number of hydrogen-bond donors (Lipinski definition) is 1. The number of aromatic nitrogens is 1. The summed E-state index contributed by atoms with van der Waals surface area (Å²) >= 11 is 0. The van der Waals surface area contributed by atoms with Gasteiger partial charge in [0, 0.05) is 24.2 Å². The summed E-state index contributed by atoms with van der Waals surface area (Å²) in [7, 11) is 0. The second-order valence-corrected chi connectivity index (χ2v) is 10.1. The monoisotopic (exact) mass is 551 g/mol. The van der Waals surface area contributed by atoms with Crippen LogP contribution in [0.15, 0.2) is 85.1 Å². The van der Waals surface area contributed by atoms with Gasteiger partial charge in [0.25, 0.3) is 0 Å². The Kier molecular flexibility index (Phi) is 11.6. The number of aliphatic hydroxyl groups excluding tert-OH is 1. The van der Waals surface area contributed by atoms with Gasteiger partial charge in [-0.25, -0.2) is 17.6 Å². The number of rotatable bonds is 10. The summed E-state index contributed by atoms with van der Waals surface area (Å²) < 4.78 is 52.0. The van der Waals surface area contributed by atoms with E-state index >= 15 is 0 Å². The Bertz CT molecular complexity index is 1320. The molecular weight excluding hydrogens is 518 g/mol. The molecule has 0 fully saturated rings. The number of halogens is 4. The molecule has 0 amide bonds. The van der Waals surface area contributed by atoms with Gasteiger partial charge in [-0.3, -0.25) is 4.98 Å². The molecule has 40 heavy (non-hydrogen) atoms. The van der Waals surface area contributed by atoms with Gasteiger partial charge < -0.3 is 9.90 Å². The van der Waals surface area contributed by atoms with Gasteiger partial charge in [-0.1, -0.05) is 50.2 Å². The molecule has 1 heterocycles. The van der Waals surface area contributed by atoms with Crippen molar-refractivity contribution in [2.45, 2.75) is 45.6 Å². The molecule has 3 nitrogen and oxygen atoms in total. The minimum absolute atomic E-state index is 0.207. The lowest BCUT2D eigenvalue weighted by molar-refractivity contribution is -0.110. The summed E-state index contributed by atoms with van der Waals surface area (Å²) in [5.41, 5.74) is 3.99. The minimum Gasteiger partial charge on any atom is -0.387 e. The number of carbonyl (C=O) groups excluding carboxylic acids is 1. The second-order valence-electron chi connectivity index (χ2n) is 10.1. The summed E-state index contributed by atoms with van der Waals surface area (Å²) in [5.74, 6) is -2.84. The highest BCUT2D eigenvalue weighted by atomic mass is 19.1. The molecule has 0 radical (unpaired) electrons. The Morgan fingerprint density at radius 3 is 1.73 bits per heavy atom. The second kappa shape index (κ2) is 15.1. The number of aldehydes is 1. The van der Waals surface area contributed by atoms with Crippen molar-refractivity contribution < 1.29 is 27.5 Å². The van der Waals surface area contributed by atoms with Gasteiger partial charge in [-0.2, -0.15) is 0 Å². The van der Waals surface area contributed by atoms with Gasteiger partial charge in [0.05, 0.1) is 11.8 Å². The number of pyridine rings is 1. The van der Waals surface area contributed by atoms with Crippen molar-refractivity contribution in [1.29, 1.82) is 0 Å². The topological polar surface area (TPSA) is 50.2 Å². The summed E-state index contributed by atoms with van der Waals surface area (Å²) in [4.78, 5) is 14.7. The lowest BCUT2D eigenvalue weighted by Gasteiger charge is -2.19. The third-order valence-electron chi connectivity index (χ3n) is 6.43. The van der Waals surface area contributed by atoms with Crippen molar-refractivity contribution in [2.75, 3.05) is 0 Å². The van der Waals surface area contributed by atoms with Crippen LogP contribution in [0.1, 0.15) is 47.9 Å². The quantitative estimate of drug-likeness (QED) is 0.165. The number of nitrogens with zero attached hydrogens (tertiary/aromatic N) is 1. The molecule has 3 atom stereocenters. The Hall–Kier alpha value is -3.84. The zero-order valence-corrected chi connectivity index (χ0v) is 22.5. The predicted molar refractivity (Wildman–Crippen MR) is 148 cm³/mol. The smallest absolute Gasteiger partial charge is 0.126 e. The van der Waals surface area contributed by atoms with Crippen LogP contribution >= 0.6 is 0 Å². The molecule has 0 saturated heterocycles. The number of hydrogen-bond acceptors (Lipinski definition) is 3. The summed E-state index contributed by atoms with van der Waals surface area (Å²) in [6.07, 6.45) is 4.32. The van der Waals surface area contributed by atoms with Crippen LogP contribution in [-0.2, 0) is 30.5 Å². The van der Waals surface area contributed by atoms with Crippen LogP contribution in [-0.4, -0.2) is 16.4 Å². The third-order valence-corrected chi connectivity index (χ3v) is 6.43. The van der Waals surface area contributed by atoms with Crippen molar-refractivity contribution in [2.24, 2.45) is 11.8 Å². The van der Waals surface area contributed by atoms with E-state index in [0.717, 1.165) is 36.8 Å². The average Bonchev–Trinajstić information content (AvgIpc) is 2.91. The van der Waals surface area contributed by atoms with E-state index in [2.05, 4.69) is 17.1 Å². The van der Waals surface area contributed by atoms with E-state index in [-0.39, 0.29) is 11.8 Å². The zero-order valence-electron chi connectivity index (χ0n) is 22.5. The van der Waals surface area contributed by atoms with Crippen molar-refractivity contribution in [3.63, 3.8) is 0 Å². The average molecular weight is 552 g/mol. The maximum atomic E-state index is 13.3. The first-order valence-electron chi connectivity index (χ1n) is 13.1. The number of aliphatic hydroxyl groups is 1. The normalized spacial score (nSPS) is 13.1. The van der Waals surface area contributed by atoms with Crippen LogP contribution in [0.2, 0.25) is 0 Å².